The number of halogens is 3. The van der Waals surface area contributed by atoms with Crippen molar-refractivity contribution < 1.29 is 4.39 Å². The number of benzene rings is 1. The molecule has 0 saturated heterocycles. The summed E-state index contributed by atoms with van der Waals surface area (Å²) < 4.78 is 13.8. The third kappa shape index (κ3) is 3.71. The van der Waals surface area contributed by atoms with Crippen molar-refractivity contribution in [2.24, 2.45) is 0 Å². The SMILES string of the molecule is CC(C)(C)c1ncc(CNc2c(Cl)cc(F)cc2Br)s1. The molecule has 20 heavy (non-hydrogen) atoms. The summed E-state index contributed by atoms with van der Waals surface area (Å²) in [5, 5.41) is 4.67. The molecule has 0 saturated carbocycles. The zero-order valence-corrected chi connectivity index (χ0v) is 14.6. The van der Waals surface area contributed by atoms with Crippen LogP contribution in [0.25, 0.3) is 0 Å². The molecular weight excluding hydrogens is 363 g/mol. The Bertz CT molecular complexity index is 599. The van der Waals surface area contributed by atoms with E-state index in [0.717, 1.165) is 9.88 Å². The molecule has 108 valence electrons. The predicted molar refractivity (Wildman–Crippen MR) is 87.3 cm³/mol. The van der Waals surface area contributed by atoms with Crippen LogP contribution in [-0.4, -0.2) is 4.98 Å². The van der Waals surface area contributed by atoms with Crippen LogP contribution in [0.15, 0.2) is 22.8 Å². The summed E-state index contributed by atoms with van der Waals surface area (Å²) in [6, 6.07) is 2.68. The highest BCUT2D eigenvalue weighted by Gasteiger charge is 2.18. The van der Waals surface area contributed by atoms with E-state index in [9.17, 15) is 4.39 Å². The van der Waals surface area contributed by atoms with E-state index in [-0.39, 0.29) is 11.2 Å². The summed E-state index contributed by atoms with van der Waals surface area (Å²) in [5.74, 6) is -0.361. The molecule has 1 N–H and O–H groups in total. The first-order chi connectivity index (χ1) is 9.27. The van der Waals surface area contributed by atoms with Crippen LogP contribution in [0.4, 0.5) is 10.1 Å². The first kappa shape index (κ1) is 15.7. The first-order valence-electron chi connectivity index (χ1n) is 6.11. The number of thiazole rings is 1. The van der Waals surface area contributed by atoms with E-state index in [0.29, 0.717) is 21.7 Å². The molecule has 0 spiro atoms. The van der Waals surface area contributed by atoms with E-state index in [1.54, 1.807) is 11.3 Å². The van der Waals surface area contributed by atoms with Gasteiger partial charge in [-0.05, 0) is 28.1 Å². The largest absolute Gasteiger partial charge is 0.378 e. The Balaban J connectivity index is 2.12. The zero-order chi connectivity index (χ0) is 14.9. The second-order valence-corrected chi connectivity index (χ2v) is 7.86. The average molecular weight is 378 g/mol. The fraction of sp³-hybridized carbons (Fsp3) is 0.357. The normalized spacial score (nSPS) is 11.7. The highest BCUT2D eigenvalue weighted by molar-refractivity contribution is 9.10. The molecule has 0 atom stereocenters. The molecule has 0 amide bonds. The van der Waals surface area contributed by atoms with E-state index >= 15 is 0 Å². The minimum absolute atomic E-state index is 0.0526. The maximum atomic E-state index is 13.2. The van der Waals surface area contributed by atoms with Crippen LogP contribution >= 0.6 is 38.9 Å². The number of aromatic nitrogens is 1. The number of rotatable bonds is 3. The van der Waals surface area contributed by atoms with Gasteiger partial charge in [-0.15, -0.1) is 11.3 Å². The summed E-state index contributed by atoms with van der Waals surface area (Å²) in [6.45, 7) is 7.01. The molecule has 0 unspecified atom stereocenters. The van der Waals surface area contributed by atoms with Crippen molar-refractivity contribution in [3.05, 3.63) is 43.5 Å². The van der Waals surface area contributed by atoms with E-state index in [2.05, 4.69) is 47.0 Å². The Labute approximate surface area is 135 Å². The quantitative estimate of drug-likeness (QED) is 0.752. The van der Waals surface area contributed by atoms with E-state index < -0.39 is 0 Å². The number of hydrogen-bond donors (Lipinski definition) is 1. The van der Waals surface area contributed by atoms with Gasteiger partial charge in [0.1, 0.15) is 5.82 Å². The van der Waals surface area contributed by atoms with Crippen LogP contribution in [0.3, 0.4) is 0 Å². The van der Waals surface area contributed by atoms with Crippen molar-refractivity contribution >= 4 is 44.6 Å². The van der Waals surface area contributed by atoms with E-state index in [1.807, 2.05) is 6.20 Å². The second kappa shape index (κ2) is 6.00. The summed E-state index contributed by atoms with van der Waals surface area (Å²) in [5.41, 5.74) is 0.746. The topological polar surface area (TPSA) is 24.9 Å². The number of nitrogens with zero attached hydrogens (tertiary/aromatic N) is 1. The summed E-state index contributed by atoms with van der Waals surface area (Å²) in [4.78, 5) is 5.55. The van der Waals surface area contributed by atoms with Gasteiger partial charge in [0.05, 0.1) is 22.3 Å². The van der Waals surface area contributed by atoms with Crippen molar-refractivity contribution in [3.8, 4) is 0 Å². The standard InChI is InChI=1S/C14H15BrClFN2S/c1-14(2,3)13-19-7-9(20-13)6-18-12-10(15)4-8(17)5-11(12)16/h4-5,7,18H,6H2,1-3H3. The van der Waals surface area contributed by atoms with E-state index in [4.69, 9.17) is 11.6 Å². The lowest BCUT2D eigenvalue weighted by Crippen LogP contribution is -2.09. The summed E-state index contributed by atoms with van der Waals surface area (Å²) in [7, 11) is 0. The number of nitrogens with one attached hydrogen (secondary N) is 1. The Hall–Kier alpha value is -0.650. The number of hydrogen-bond acceptors (Lipinski definition) is 3. The average Bonchev–Trinajstić information content (AvgIpc) is 2.75. The van der Waals surface area contributed by atoms with Crippen molar-refractivity contribution in [1.82, 2.24) is 4.98 Å². The fourth-order valence-electron chi connectivity index (χ4n) is 1.62. The summed E-state index contributed by atoms with van der Waals surface area (Å²) >= 11 is 11.0. The molecular formula is C14H15BrClFN2S. The van der Waals surface area contributed by atoms with Crippen LogP contribution < -0.4 is 5.32 Å². The van der Waals surface area contributed by atoms with Crippen LogP contribution in [-0.2, 0) is 12.0 Å². The molecule has 0 aliphatic heterocycles. The van der Waals surface area contributed by atoms with Crippen molar-refractivity contribution in [2.75, 3.05) is 5.32 Å². The minimum atomic E-state index is -0.361. The molecule has 2 nitrogen and oxygen atoms in total. The Morgan fingerprint density at radius 3 is 2.65 bits per heavy atom. The molecule has 0 aliphatic rings. The lowest BCUT2D eigenvalue weighted by Gasteiger charge is -2.13. The smallest absolute Gasteiger partial charge is 0.125 e. The first-order valence-corrected chi connectivity index (χ1v) is 8.09. The molecule has 1 aromatic heterocycles. The Morgan fingerprint density at radius 1 is 1.40 bits per heavy atom. The van der Waals surface area contributed by atoms with Gasteiger partial charge < -0.3 is 5.32 Å². The molecule has 1 aromatic carbocycles. The highest BCUT2D eigenvalue weighted by Crippen LogP contribution is 2.33. The van der Waals surface area contributed by atoms with Gasteiger partial charge in [0.2, 0.25) is 0 Å². The maximum Gasteiger partial charge on any atom is 0.125 e. The third-order valence-corrected chi connectivity index (χ3v) is 4.99. The molecule has 0 radical (unpaired) electrons. The van der Waals surface area contributed by atoms with Crippen molar-refractivity contribution in [1.29, 1.82) is 0 Å². The molecule has 0 bridgehead atoms. The van der Waals surface area contributed by atoms with Gasteiger partial charge in [0, 0.05) is 21.0 Å². The van der Waals surface area contributed by atoms with Gasteiger partial charge in [-0.2, -0.15) is 0 Å². The fourth-order valence-corrected chi connectivity index (χ4v) is 3.49. The highest BCUT2D eigenvalue weighted by atomic mass is 79.9. The van der Waals surface area contributed by atoms with Crippen LogP contribution in [0.1, 0.15) is 30.7 Å². The molecule has 2 aromatic rings. The second-order valence-electron chi connectivity index (χ2n) is 5.48. The molecule has 0 fully saturated rings. The van der Waals surface area contributed by atoms with Gasteiger partial charge in [-0.3, -0.25) is 0 Å². The van der Waals surface area contributed by atoms with Gasteiger partial charge in [0.25, 0.3) is 0 Å². The lowest BCUT2D eigenvalue weighted by molar-refractivity contribution is 0.585. The summed E-state index contributed by atoms with van der Waals surface area (Å²) in [6.07, 6.45) is 1.86. The Kier molecular flexibility index (Phi) is 4.72. The van der Waals surface area contributed by atoms with E-state index in [1.165, 1.54) is 12.1 Å². The molecule has 0 aliphatic carbocycles. The van der Waals surface area contributed by atoms with Gasteiger partial charge in [0.15, 0.2) is 0 Å². The van der Waals surface area contributed by atoms with Crippen LogP contribution in [0.2, 0.25) is 5.02 Å². The van der Waals surface area contributed by atoms with Gasteiger partial charge in [-0.25, -0.2) is 9.37 Å². The van der Waals surface area contributed by atoms with Gasteiger partial charge in [-0.1, -0.05) is 32.4 Å². The molecule has 1 heterocycles. The lowest BCUT2D eigenvalue weighted by atomic mass is 9.98. The molecule has 6 heteroatoms. The molecule has 2 rings (SSSR count). The third-order valence-electron chi connectivity index (χ3n) is 2.64. The Morgan fingerprint density at radius 2 is 2.10 bits per heavy atom. The van der Waals surface area contributed by atoms with Crippen molar-refractivity contribution in [3.63, 3.8) is 0 Å². The van der Waals surface area contributed by atoms with Crippen LogP contribution in [0.5, 0.6) is 0 Å². The zero-order valence-electron chi connectivity index (χ0n) is 11.4. The monoisotopic (exact) mass is 376 g/mol. The van der Waals surface area contributed by atoms with Crippen molar-refractivity contribution in [2.45, 2.75) is 32.7 Å². The van der Waals surface area contributed by atoms with Crippen LogP contribution in [0, 0.1) is 5.82 Å². The van der Waals surface area contributed by atoms with Gasteiger partial charge >= 0.3 is 0 Å². The maximum absolute atomic E-state index is 13.2. The minimum Gasteiger partial charge on any atom is -0.378 e. The predicted octanol–water partition coefficient (Wildman–Crippen LogP) is 5.61. The number of anilines is 1.